The first kappa shape index (κ1) is 21.2. The second-order valence-corrected chi connectivity index (χ2v) is 8.28. The summed E-state index contributed by atoms with van der Waals surface area (Å²) in [5.74, 6) is 2.74. The Labute approximate surface area is 186 Å². The first-order valence-corrected chi connectivity index (χ1v) is 11.3. The standard InChI is InChI=1S/C23H26N4O3S/c1-4-27-22(15(2)16-8-6-5-7-9-16)25-26-23(27)31-14-21(28)24-19-13-30-20-11-10-17(29-3)12-18(19)20/h5-12,15,19H,4,13-14H2,1-3H3,(H,24,28)/t15-,19-/m1/s1. The molecule has 7 nitrogen and oxygen atoms in total. The van der Waals surface area contributed by atoms with E-state index in [-0.39, 0.29) is 23.6 Å². The highest BCUT2D eigenvalue weighted by molar-refractivity contribution is 7.99. The fourth-order valence-corrected chi connectivity index (χ4v) is 4.54. The largest absolute Gasteiger partial charge is 0.497 e. The van der Waals surface area contributed by atoms with Crippen molar-refractivity contribution in [1.82, 2.24) is 20.1 Å². The number of methoxy groups -OCH3 is 1. The van der Waals surface area contributed by atoms with Crippen molar-refractivity contribution in [3.8, 4) is 11.5 Å². The molecule has 1 amide bonds. The van der Waals surface area contributed by atoms with Crippen LogP contribution >= 0.6 is 11.8 Å². The van der Waals surface area contributed by atoms with Gasteiger partial charge in [-0.3, -0.25) is 4.79 Å². The Hall–Kier alpha value is -3.00. The Morgan fingerprint density at radius 1 is 1.29 bits per heavy atom. The fraction of sp³-hybridized carbons (Fsp3) is 0.348. The van der Waals surface area contributed by atoms with Gasteiger partial charge in [0.25, 0.3) is 0 Å². The van der Waals surface area contributed by atoms with E-state index < -0.39 is 0 Å². The predicted molar refractivity (Wildman–Crippen MR) is 120 cm³/mol. The second kappa shape index (κ2) is 9.43. The minimum Gasteiger partial charge on any atom is -0.497 e. The number of amides is 1. The molecule has 0 bridgehead atoms. The average Bonchev–Trinajstić information content (AvgIpc) is 3.41. The van der Waals surface area contributed by atoms with E-state index in [4.69, 9.17) is 9.47 Å². The molecule has 4 rings (SSSR count). The number of nitrogens with zero attached hydrogens (tertiary/aromatic N) is 3. The molecule has 8 heteroatoms. The Kier molecular flexibility index (Phi) is 6.46. The van der Waals surface area contributed by atoms with E-state index >= 15 is 0 Å². The summed E-state index contributed by atoms with van der Waals surface area (Å²) < 4.78 is 13.0. The van der Waals surface area contributed by atoms with Gasteiger partial charge in [-0.25, -0.2) is 0 Å². The maximum Gasteiger partial charge on any atom is 0.231 e. The summed E-state index contributed by atoms with van der Waals surface area (Å²) >= 11 is 1.40. The van der Waals surface area contributed by atoms with Crippen LogP contribution in [0, 0.1) is 0 Å². The Balaban J connectivity index is 1.40. The van der Waals surface area contributed by atoms with Crippen LogP contribution in [0.15, 0.2) is 53.7 Å². The van der Waals surface area contributed by atoms with E-state index in [0.29, 0.717) is 6.61 Å². The molecule has 2 heterocycles. The minimum atomic E-state index is -0.184. The SMILES string of the molecule is CCn1c(SCC(=O)N[C@@H]2COc3ccc(OC)cc32)nnc1[C@H](C)c1ccccc1. The Bertz CT molecular complexity index is 1050. The number of ether oxygens (including phenoxy) is 2. The van der Waals surface area contributed by atoms with Crippen molar-refractivity contribution >= 4 is 17.7 Å². The number of hydrogen-bond donors (Lipinski definition) is 1. The molecular weight excluding hydrogens is 412 g/mol. The summed E-state index contributed by atoms with van der Waals surface area (Å²) in [4.78, 5) is 12.6. The average molecular weight is 439 g/mol. The van der Waals surface area contributed by atoms with Gasteiger partial charge in [0.05, 0.1) is 18.9 Å². The molecule has 2 atom stereocenters. The lowest BCUT2D eigenvalue weighted by Gasteiger charge is -2.14. The van der Waals surface area contributed by atoms with Crippen LogP contribution in [0.1, 0.15) is 42.8 Å². The molecule has 162 valence electrons. The molecule has 0 radical (unpaired) electrons. The lowest BCUT2D eigenvalue weighted by Crippen LogP contribution is -2.30. The molecular formula is C23H26N4O3S. The van der Waals surface area contributed by atoms with Crippen LogP contribution in [0.4, 0.5) is 0 Å². The first-order chi connectivity index (χ1) is 15.1. The van der Waals surface area contributed by atoms with Gasteiger partial charge in [0.1, 0.15) is 23.9 Å². The third-order valence-corrected chi connectivity index (χ3v) is 6.38. The molecule has 0 saturated carbocycles. The number of fused-ring (bicyclic) bond motifs is 1. The summed E-state index contributed by atoms with van der Waals surface area (Å²) in [6.07, 6.45) is 0. The summed E-state index contributed by atoms with van der Waals surface area (Å²) in [6.45, 7) is 5.35. The minimum absolute atomic E-state index is 0.0717. The molecule has 0 saturated heterocycles. The zero-order valence-electron chi connectivity index (χ0n) is 17.9. The molecule has 2 aromatic carbocycles. The first-order valence-electron chi connectivity index (χ1n) is 10.3. The number of benzene rings is 2. The molecule has 1 aliphatic rings. The van der Waals surface area contributed by atoms with Gasteiger partial charge in [0.15, 0.2) is 5.16 Å². The lowest BCUT2D eigenvalue weighted by atomic mass is 10.0. The van der Waals surface area contributed by atoms with Crippen LogP contribution in [-0.4, -0.2) is 40.1 Å². The van der Waals surface area contributed by atoms with Gasteiger partial charge in [-0.05, 0) is 30.7 Å². The van der Waals surface area contributed by atoms with Crippen molar-refractivity contribution in [3.63, 3.8) is 0 Å². The third kappa shape index (κ3) is 4.54. The van der Waals surface area contributed by atoms with Crippen LogP contribution in [0.3, 0.4) is 0 Å². The number of rotatable bonds is 8. The number of hydrogen-bond acceptors (Lipinski definition) is 6. The van der Waals surface area contributed by atoms with Crippen LogP contribution < -0.4 is 14.8 Å². The molecule has 1 aromatic heterocycles. The van der Waals surface area contributed by atoms with Crippen molar-refractivity contribution in [2.45, 2.75) is 37.5 Å². The van der Waals surface area contributed by atoms with Gasteiger partial charge < -0.3 is 19.4 Å². The maximum atomic E-state index is 12.6. The number of carbonyl (C=O) groups is 1. The van der Waals surface area contributed by atoms with Crippen LogP contribution in [0.5, 0.6) is 11.5 Å². The van der Waals surface area contributed by atoms with Crippen molar-refractivity contribution in [2.24, 2.45) is 0 Å². The van der Waals surface area contributed by atoms with E-state index in [0.717, 1.165) is 34.6 Å². The monoisotopic (exact) mass is 438 g/mol. The highest BCUT2D eigenvalue weighted by Crippen LogP contribution is 2.35. The molecule has 0 aliphatic carbocycles. The second-order valence-electron chi connectivity index (χ2n) is 7.34. The highest BCUT2D eigenvalue weighted by atomic mass is 32.2. The Morgan fingerprint density at radius 2 is 2.10 bits per heavy atom. The summed E-state index contributed by atoms with van der Waals surface area (Å²) in [5, 5.41) is 12.6. The number of carbonyl (C=O) groups excluding carboxylic acids is 1. The van der Waals surface area contributed by atoms with Crippen molar-refractivity contribution < 1.29 is 14.3 Å². The van der Waals surface area contributed by atoms with Crippen molar-refractivity contribution in [2.75, 3.05) is 19.5 Å². The van der Waals surface area contributed by atoms with Crippen LogP contribution in [0.25, 0.3) is 0 Å². The molecule has 0 spiro atoms. The Morgan fingerprint density at radius 3 is 2.84 bits per heavy atom. The maximum absolute atomic E-state index is 12.6. The van der Waals surface area contributed by atoms with Gasteiger partial charge in [0.2, 0.25) is 5.91 Å². The van der Waals surface area contributed by atoms with E-state index in [1.807, 2.05) is 36.4 Å². The lowest BCUT2D eigenvalue weighted by molar-refractivity contribution is -0.119. The molecule has 0 unspecified atom stereocenters. The smallest absolute Gasteiger partial charge is 0.231 e. The normalized spacial score (nSPS) is 15.8. The zero-order valence-corrected chi connectivity index (χ0v) is 18.7. The van der Waals surface area contributed by atoms with Crippen LogP contribution in [0.2, 0.25) is 0 Å². The van der Waals surface area contributed by atoms with Gasteiger partial charge in [-0.15, -0.1) is 10.2 Å². The summed E-state index contributed by atoms with van der Waals surface area (Å²) in [6, 6.07) is 15.7. The van der Waals surface area contributed by atoms with Crippen LogP contribution in [-0.2, 0) is 11.3 Å². The molecule has 0 fully saturated rings. The van der Waals surface area contributed by atoms with Gasteiger partial charge in [-0.1, -0.05) is 49.0 Å². The van der Waals surface area contributed by atoms with Crippen molar-refractivity contribution in [1.29, 1.82) is 0 Å². The molecule has 31 heavy (non-hydrogen) atoms. The zero-order chi connectivity index (χ0) is 21.8. The van der Waals surface area contributed by atoms with E-state index in [9.17, 15) is 4.79 Å². The van der Waals surface area contributed by atoms with Gasteiger partial charge in [-0.2, -0.15) is 0 Å². The van der Waals surface area contributed by atoms with Crippen molar-refractivity contribution in [3.05, 3.63) is 65.5 Å². The summed E-state index contributed by atoms with van der Waals surface area (Å²) in [7, 11) is 1.62. The molecule has 1 aliphatic heterocycles. The van der Waals surface area contributed by atoms with E-state index in [2.05, 4.69) is 46.1 Å². The third-order valence-electron chi connectivity index (χ3n) is 5.41. The molecule has 1 N–H and O–H groups in total. The topological polar surface area (TPSA) is 78.3 Å². The summed E-state index contributed by atoms with van der Waals surface area (Å²) in [5.41, 5.74) is 2.13. The fourth-order valence-electron chi connectivity index (χ4n) is 3.72. The highest BCUT2D eigenvalue weighted by Gasteiger charge is 2.26. The van der Waals surface area contributed by atoms with Gasteiger partial charge >= 0.3 is 0 Å². The van der Waals surface area contributed by atoms with E-state index in [1.54, 1.807) is 7.11 Å². The number of aromatic nitrogens is 3. The number of thioether (sulfide) groups is 1. The quantitative estimate of drug-likeness (QED) is 0.539. The van der Waals surface area contributed by atoms with E-state index in [1.165, 1.54) is 17.3 Å². The molecule has 3 aromatic rings. The van der Waals surface area contributed by atoms with Gasteiger partial charge in [0, 0.05) is 18.0 Å². The number of nitrogens with one attached hydrogen (secondary N) is 1. The predicted octanol–water partition coefficient (Wildman–Crippen LogP) is 3.80.